The van der Waals surface area contributed by atoms with E-state index < -0.39 is 24.2 Å². The lowest BCUT2D eigenvalue weighted by Crippen LogP contribution is -2.42. The van der Waals surface area contributed by atoms with Crippen LogP contribution in [0.3, 0.4) is 0 Å². The molecule has 2 aromatic rings. The van der Waals surface area contributed by atoms with E-state index in [1.54, 1.807) is 48.5 Å². The van der Waals surface area contributed by atoms with Gasteiger partial charge in [-0.1, -0.05) is 30.3 Å². The third-order valence-corrected chi connectivity index (χ3v) is 3.85. The number of carbonyl (C=O) groups excluding carboxylic acids is 2. The van der Waals surface area contributed by atoms with Crippen LogP contribution in [-0.4, -0.2) is 34.8 Å². The zero-order chi connectivity index (χ0) is 16.7. The molecule has 0 radical (unpaired) electrons. The van der Waals surface area contributed by atoms with Crippen molar-refractivity contribution < 1.29 is 29.0 Å². The summed E-state index contributed by atoms with van der Waals surface area (Å²) in [7, 11) is 0. The average molecular weight is 327 g/mol. The fraction of sp³-hybridized carbons (Fsp3) is 0.176. The van der Waals surface area contributed by atoms with Gasteiger partial charge in [-0.3, -0.25) is 4.79 Å². The van der Waals surface area contributed by atoms with E-state index in [-0.39, 0.29) is 6.61 Å². The van der Waals surface area contributed by atoms with E-state index in [0.29, 0.717) is 27.7 Å². The molecule has 2 aliphatic rings. The molecule has 24 heavy (non-hydrogen) atoms. The molecule has 2 heterocycles. The molecule has 0 saturated carbocycles. The minimum atomic E-state index is -1.34. The fourth-order valence-electron chi connectivity index (χ4n) is 2.66. The number of hydrogen-bond acceptors (Lipinski definition) is 6. The first-order valence-corrected chi connectivity index (χ1v) is 7.36. The van der Waals surface area contributed by atoms with Crippen LogP contribution in [0, 0.1) is 0 Å². The van der Waals surface area contributed by atoms with Crippen LogP contribution in [0.15, 0.2) is 48.5 Å². The summed E-state index contributed by atoms with van der Waals surface area (Å²) in [5, 5.41) is 10.8. The summed E-state index contributed by atoms with van der Waals surface area (Å²) in [5.41, 5.74) is 0.686. The summed E-state index contributed by atoms with van der Waals surface area (Å²) >= 11 is 0. The van der Waals surface area contributed by atoms with E-state index in [1.165, 1.54) is 0 Å². The summed E-state index contributed by atoms with van der Waals surface area (Å²) in [6.07, 6.45) is -2.36. The first kappa shape index (κ1) is 14.5. The number of aliphatic hydroxyl groups is 1. The number of hydrogen-bond donors (Lipinski definition) is 1. The van der Waals surface area contributed by atoms with Gasteiger partial charge in [0.15, 0.2) is 17.7 Å². The van der Waals surface area contributed by atoms with Crippen molar-refractivity contribution in [3.63, 3.8) is 0 Å². The summed E-state index contributed by atoms with van der Waals surface area (Å²) in [5.74, 6) is -0.443. The maximum atomic E-state index is 12.3. The Bertz CT molecular complexity index is 820. The highest BCUT2D eigenvalue weighted by molar-refractivity contribution is 5.98. The lowest BCUT2D eigenvalue weighted by Gasteiger charge is -2.27. The molecule has 2 aliphatic heterocycles. The number of ether oxygens (including phenoxy) is 2. The second-order valence-corrected chi connectivity index (χ2v) is 5.37. The molecular weight excluding hydrogens is 314 g/mol. The molecule has 2 aromatic carbocycles. The quantitative estimate of drug-likeness (QED) is 0.898. The second kappa shape index (κ2) is 5.54. The molecule has 4 rings (SSSR count). The molecule has 0 fully saturated rings. The van der Waals surface area contributed by atoms with Gasteiger partial charge in [0, 0.05) is 5.56 Å². The van der Waals surface area contributed by atoms with E-state index in [0.717, 1.165) is 0 Å². The molecule has 0 spiro atoms. The van der Waals surface area contributed by atoms with Crippen LogP contribution in [0.2, 0.25) is 0 Å². The van der Waals surface area contributed by atoms with Crippen molar-refractivity contribution in [2.75, 3.05) is 6.61 Å². The molecule has 1 N–H and O–H groups in total. The monoisotopic (exact) mass is 327 g/mol. The van der Waals surface area contributed by atoms with Crippen molar-refractivity contribution in [1.29, 1.82) is 0 Å². The number of nitrogens with zero attached hydrogens (tertiary/aromatic N) is 1. The van der Waals surface area contributed by atoms with Gasteiger partial charge in [0.2, 0.25) is 6.10 Å². The van der Waals surface area contributed by atoms with E-state index >= 15 is 0 Å². The van der Waals surface area contributed by atoms with Crippen molar-refractivity contribution in [2.24, 2.45) is 0 Å². The van der Waals surface area contributed by atoms with Crippen molar-refractivity contribution >= 4 is 11.9 Å². The SMILES string of the molecule is O=C(ON1C(=O)c2ccccc2C1O)C1COc2ccccc2O1. The van der Waals surface area contributed by atoms with E-state index in [4.69, 9.17) is 14.3 Å². The molecule has 0 bridgehead atoms. The number of aliphatic hydroxyl groups excluding tert-OH is 1. The Morgan fingerprint density at radius 1 is 1.12 bits per heavy atom. The first-order chi connectivity index (χ1) is 11.6. The summed E-state index contributed by atoms with van der Waals surface area (Å²) < 4.78 is 11.0. The molecule has 7 nitrogen and oxygen atoms in total. The van der Waals surface area contributed by atoms with Crippen molar-refractivity contribution in [2.45, 2.75) is 12.3 Å². The van der Waals surface area contributed by atoms with Crippen LogP contribution >= 0.6 is 0 Å². The number of rotatable bonds is 2. The normalized spacial score (nSPS) is 21.4. The van der Waals surface area contributed by atoms with Gasteiger partial charge in [-0.15, -0.1) is 5.06 Å². The fourth-order valence-corrected chi connectivity index (χ4v) is 2.66. The number of amides is 1. The van der Waals surface area contributed by atoms with Gasteiger partial charge in [-0.2, -0.15) is 0 Å². The molecule has 1 amide bonds. The topological polar surface area (TPSA) is 85.3 Å². The van der Waals surface area contributed by atoms with Gasteiger partial charge in [0.05, 0.1) is 5.56 Å². The van der Waals surface area contributed by atoms with E-state index in [2.05, 4.69) is 0 Å². The zero-order valence-corrected chi connectivity index (χ0v) is 12.4. The van der Waals surface area contributed by atoms with Gasteiger partial charge in [-0.25, -0.2) is 4.79 Å². The van der Waals surface area contributed by atoms with Crippen LogP contribution in [0.5, 0.6) is 11.5 Å². The Kier molecular flexibility index (Phi) is 3.35. The lowest BCUT2D eigenvalue weighted by atomic mass is 10.1. The number of hydroxylamine groups is 2. The van der Waals surface area contributed by atoms with Gasteiger partial charge in [0.25, 0.3) is 5.91 Å². The lowest BCUT2D eigenvalue weighted by molar-refractivity contribution is -0.216. The van der Waals surface area contributed by atoms with Gasteiger partial charge < -0.3 is 19.4 Å². The molecule has 122 valence electrons. The zero-order valence-electron chi connectivity index (χ0n) is 12.4. The highest BCUT2D eigenvalue weighted by atomic mass is 16.7. The Labute approximate surface area is 136 Å². The van der Waals surface area contributed by atoms with Crippen molar-refractivity contribution in [1.82, 2.24) is 5.06 Å². The Hall–Kier alpha value is -3.06. The number of fused-ring (bicyclic) bond motifs is 2. The molecule has 0 saturated heterocycles. The smallest absolute Gasteiger partial charge is 0.376 e. The third-order valence-electron chi connectivity index (χ3n) is 3.85. The number of carbonyl (C=O) groups is 2. The van der Waals surface area contributed by atoms with Crippen LogP contribution in [0.25, 0.3) is 0 Å². The summed E-state index contributed by atoms with van der Waals surface area (Å²) in [6.45, 7) is -0.0408. The van der Waals surface area contributed by atoms with E-state index in [9.17, 15) is 14.7 Å². The maximum Gasteiger partial charge on any atom is 0.376 e. The minimum Gasteiger partial charge on any atom is -0.485 e. The standard InChI is InChI=1S/C17H13NO6/c19-15-10-5-1-2-6-11(10)16(20)18(15)24-17(21)14-9-22-12-7-3-4-8-13(12)23-14/h1-8,14-15,19H,9H2. The highest BCUT2D eigenvalue weighted by Gasteiger charge is 2.40. The largest absolute Gasteiger partial charge is 0.485 e. The molecule has 0 aromatic heterocycles. The van der Waals surface area contributed by atoms with Crippen molar-refractivity contribution in [3.8, 4) is 11.5 Å². The Balaban J connectivity index is 1.49. The van der Waals surface area contributed by atoms with Crippen LogP contribution in [-0.2, 0) is 9.63 Å². The average Bonchev–Trinajstić information content (AvgIpc) is 2.86. The van der Waals surface area contributed by atoms with Crippen LogP contribution < -0.4 is 9.47 Å². The highest BCUT2D eigenvalue weighted by Crippen LogP contribution is 2.33. The molecule has 2 unspecified atom stereocenters. The number of para-hydroxylation sites is 2. The van der Waals surface area contributed by atoms with Crippen LogP contribution in [0.1, 0.15) is 22.1 Å². The van der Waals surface area contributed by atoms with Gasteiger partial charge in [0.1, 0.15) is 6.61 Å². The molecule has 2 atom stereocenters. The number of benzene rings is 2. The van der Waals surface area contributed by atoms with Crippen molar-refractivity contribution in [3.05, 3.63) is 59.7 Å². The maximum absolute atomic E-state index is 12.3. The third kappa shape index (κ3) is 2.26. The Morgan fingerprint density at radius 2 is 1.83 bits per heavy atom. The molecular formula is C17H13NO6. The predicted octanol–water partition coefficient (Wildman–Crippen LogP) is 1.43. The predicted molar refractivity (Wildman–Crippen MR) is 80.0 cm³/mol. The second-order valence-electron chi connectivity index (χ2n) is 5.37. The Morgan fingerprint density at radius 3 is 2.62 bits per heavy atom. The van der Waals surface area contributed by atoms with E-state index in [1.807, 2.05) is 0 Å². The van der Waals surface area contributed by atoms with Crippen LogP contribution in [0.4, 0.5) is 0 Å². The first-order valence-electron chi connectivity index (χ1n) is 7.36. The molecule has 0 aliphatic carbocycles. The van der Waals surface area contributed by atoms with Gasteiger partial charge >= 0.3 is 5.97 Å². The van der Waals surface area contributed by atoms with Gasteiger partial charge in [-0.05, 0) is 18.2 Å². The minimum absolute atomic E-state index is 0.0408. The summed E-state index contributed by atoms with van der Waals surface area (Å²) in [4.78, 5) is 29.6. The molecule has 7 heteroatoms. The summed E-state index contributed by atoms with van der Waals surface area (Å²) in [6, 6.07) is 13.5.